The lowest BCUT2D eigenvalue weighted by Gasteiger charge is -2.17. The van der Waals surface area contributed by atoms with Gasteiger partial charge in [0.15, 0.2) is 0 Å². The molecule has 0 saturated carbocycles. The number of rotatable bonds is 5. The summed E-state index contributed by atoms with van der Waals surface area (Å²) in [6, 6.07) is 12.7. The fourth-order valence-corrected chi connectivity index (χ4v) is 2.88. The second-order valence-electron chi connectivity index (χ2n) is 5.95. The predicted octanol–water partition coefficient (Wildman–Crippen LogP) is 2.42. The van der Waals surface area contributed by atoms with Gasteiger partial charge in [-0.15, -0.1) is 0 Å². The molecule has 6 heteroatoms. The zero-order chi connectivity index (χ0) is 17.8. The molecule has 0 aliphatic carbocycles. The normalized spacial score (nSPS) is 15.3. The molecule has 2 aromatic rings. The molecule has 0 aromatic heterocycles. The van der Waals surface area contributed by atoms with Gasteiger partial charge in [-0.1, -0.05) is 24.3 Å². The minimum atomic E-state index is -1.13. The maximum absolute atomic E-state index is 13.6. The number of carbonyl (C=O) groups is 2. The zero-order valence-electron chi connectivity index (χ0n) is 13.6. The van der Waals surface area contributed by atoms with Crippen molar-refractivity contribution in [1.82, 2.24) is 5.32 Å². The first kappa shape index (κ1) is 17.1. The van der Waals surface area contributed by atoms with Crippen LogP contribution in [0.25, 0.3) is 0 Å². The number of anilines is 1. The molecule has 1 aliphatic rings. The van der Waals surface area contributed by atoms with Crippen molar-refractivity contribution in [2.24, 2.45) is 0 Å². The van der Waals surface area contributed by atoms with E-state index in [0.717, 1.165) is 6.42 Å². The molecule has 0 radical (unpaired) electrons. The number of hydrogen-bond acceptors (Lipinski definition) is 3. The number of hydrogen-bond donors (Lipinski definition) is 2. The monoisotopic (exact) mass is 342 g/mol. The Labute approximate surface area is 145 Å². The van der Waals surface area contributed by atoms with Crippen LogP contribution in [-0.2, 0) is 4.79 Å². The van der Waals surface area contributed by atoms with E-state index in [2.05, 4.69) is 5.32 Å². The van der Waals surface area contributed by atoms with Crippen LogP contribution in [0.5, 0.6) is 0 Å². The van der Waals surface area contributed by atoms with Crippen molar-refractivity contribution < 1.29 is 19.1 Å². The lowest BCUT2D eigenvalue weighted by molar-refractivity contribution is -0.117. The Hall–Kier alpha value is -2.73. The van der Waals surface area contributed by atoms with Gasteiger partial charge in [-0.3, -0.25) is 9.59 Å². The van der Waals surface area contributed by atoms with E-state index in [-0.39, 0.29) is 23.9 Å². The van der Waals surface area contributed by atoms with Gasteiger partial charge in [0.05, 0.1) is 6.10 Å². The molecule has 130 valence electrons. The van der Waals surface area contributed by atoms with E-state index in [9.17, 15) is 19.1 Å². The van der Waals surface area contributed by atoms with Crippen molar-refractivity contribution in [3.63, 3.8) is 0 Å². The molecule has 25 heavy (non-hydrogen) atoms. The van der Waals surface area contributed by atoms with Crippen LogP contribution < -0.4 is 10.2 Å². The number of amides is 2. The summed E-state index contributed by atoms with van der Waals surface area (Å²) in [6.07, 6.45) is 0.198. The molecular weight excluding hydrogens is 323 g/mol. The van der Waals surface area contributed by atoms with Crippen molar-refractivity contribution in [2.45, 2.75) is 18.9 Å². The lowest BCUT2D eigenvalue weighted by atomic mass is 10.1. The van der Waals surface area contributed by atoms with E-state index in [1.807, 2.05) is 0 Å². The fraction of sp³-hybridized carbons (Fsp3) is 0.263. The molecule has 1 atom stereocenters. The van der Waals surface area contributed by atoms with Gasteiger partial charge >= 0.3 is 0 Å². The van der Waals surface area contributed by atoms with Crippen molar-refractivity contribution in [3.8, 4) is 0 Å². The van der Waals surface area contributed by atoms with Crippen LogP contribution in [0.4, 0.5) is 10.1 Å². The Morgan fingerprint density at radius 2 is 2.04 bits per heavy atom. The Morgan fingerprint density at radius 1 is 1.24 bits per heavy atom. The third-order valence-corrected chi connectivity index (χ3v) is 4.21. The highest BCUT2D eigenvalue weighted by Gasteiger charge is 2.22. The van der Waals surface area contributed by atoms with Crippen LogP contribution in [0.15, 0.2) is 48.5 Å². The minimum absolute atomic E-state index is 0.0486. The highest BCUT2D eigenvalue weighted by atomic mass is 19.1. The summed E-state index contributed by atoms with van der Waals surface area (Å²) in [5, 5.41) is 12.6. The van der Waals surface area contributed by atoms with Gasteiger partial charge < -0.3 is 15.3 Å². The molecular formula is C19H19FN2O3. The number of benzene rings is 2. The van der Waals surface area contributed by atoms with E-state index in [0.29, 0.717) is 24.2 Å². The van der Waals surface area contributed by atoms with Crippen LogP contribution in [0, 0.1) is 5.82 Å². The molecule has 1 fully saturated rings. The number of carbonyl (C=O) groups excluding carboxylic acids is 2. The van der Waals surface area contributed by atoms with Crippen molar-refractivity contribution in [2.75, 3.05) is 18.0 Å². The summed E-state index contributed by atoms with van der Waals surface area (Å²) in [5.41, 5.74) is 1.21. The highest BCUT2D eigenvalue weighted by Crippen LogP contribution is 2.22. The highest BCUT2D eigenvalue weighted by molar-refractivity contribution is 5.99. The first-order valence-electron chi connectivity index (χ1n) is 8.17. The van der Waals surface area contributed by atoms with Crippen LogP contribution in [0.3, 0.4) is 0 Å². The second-order valence-corrected chi connectivity index (χ2v) is 5.95. The molecule has 2 N–H and O–H groups in total. The Morgan fingerprint density at radius 3 is 2.76 bits per heavy atom. The smallest absolute Gasteiger partial charge is 0.251 e. The number of aliphatic hydroxyl groups is 1. The third-order valence-electron chi connectivity index (χ3n) is 4.21. The van der Waals surface area contributed by atoms with Gasteiger partial charge in [-0.25, -0.2) is 4.39 Å². The number of aliphatic hydroxyl groups excluding tert-OH is 1. The van der Waals surface area contributed by atoms with Gasteiger partial charge in [0.2, 0.25) is 5.91 Å². The van der Waals surface area contributed by atoms with Crippen molar-refractivity contribution in [1.29, 1.82) is 0 Å². The Balaban J connectivity index is 1.65. The summed E-state index contributed by atoms with van der Waals surface area (Å²) in [4.78, 5) is 25.8. The van der Waals surface area contributed by atoms with Gasteiger partial charge in [0.1, 0.15) is 5.82 Å². The maximum Gasteiger partial charge on any atom is 0.251 e. The summed E-state index contributed by atoms with van der Waals surface area (Å²) >= 11 is 0. The molecule has 2 amide bonds. The number of nitrogens with one attached hydrogen (secondary N) is 1. The van der Waals surface area contributed by atoms with E-state index in [1.54, 1.807) is 35.2 Å². The average Bonchev–Trinajstić information content (AvgIpc) is 3.06. The maximum atomic E-state index is 13.6. The third kappa shape index (κ3) is 3.85. The summed E-state index contributed by atoms with van der Waals surface area (Å²) in [7, 11) is 0. The minimum Gasteiger partial charge on any atom is -0.386 e. The van der Waals surface area contributed by atoms with Gasteiger partial charge in [-0.05, 0) is 30.7 Å². The van der Waals surface area contributed by atoms with E-state index in [4.69, 9.17) is 0 Å². The molecule has 1 heterocycles. The summed E-state index contributed by atoms with van der Waals surface area (Å²) < 4.78 is 13.6. The predicted molar refractivity (Wildman–Crippen MR) is 91.7 cm³/mol. The number of nitrogens with zero attached hydrogens (tertiary/aromatic N) is 1. The van der Waals surface area contributed by atoms with Crippen molar-refractivity contribution in [3.05, 3.63) is 65.5 Å². The van der Waals surface area contributed by atoms with Crippen molar-refractivity contribution >= 4 is 17.5 Å². The Kier molecular flexibility index (Phi) is 5.09. The van der Waals surface area contributed by atoms with Gasteiger partial charge in [0.25, 0.3) is 5.91 Å². The molecule has 0 spiro atoms. The van der Waals surface area contributed by atoms with Crippen LogP contribution in [-0.4, -0.2) is 30.0 Å². The summed E-state index contributed by atoms with van der Waals surface area (Å²) in [5.74, 6) is -0.852. The SMILES string of the molecule is O=C(NCC(O)c1ccccc1F)c1cccc(N2CCCC2=O)c1. The second kappa shape index (κ2) is 7.44. The van der Waals surface area contributed by atoms with Crippen LogP contribution in [0.2, 0.25) is 0 Å². The lowest BCUT2D eigenvalue weighted by Crippen LogP contribution is -2.29. The topological polar surface area (TPSA) is 69.6 Å². The van der Waals surface area contributed by atoms with E-state index >= 15 is 0 Å². The first-order chi connectivity index (χ1) is 12.1. The van der Waals surface area contributed by atoms with Gasteiger partial charge in [-0.2, -0.15) is 0 Å². The fourth-order valence-electron chi connectivity index (χ4n) is 2.88. The molecule has 5 nitrogen and oxygen atoms in total. The number of halogens is 1. The molecule has 0 bridgehead atoms. The molecule has 1 saturated heterocycles. The first-order valence-corrected chi connectivity index (χ1v) is 8.17. The molecule has 3 rings (SSSR count). The van der Waals surface area contributed by atoms with Crippen LogP contribution >= 0.6 is 0 Å². The summed E-state index contributed by atoms with van der Waals surface area (Å²) in [6.45, 7) is 0.544. The zero-order valence-corrected chi connectivity index (χ0v) is 13.6. The molecule has 2 aromatic carbocycles. The molecule has 1 unspecified atom stereocenters. The molecule has 1 aliphatic heterocycles. The van der Waals surface area contributed by atoms with Crippen LogP contribution in [0.1, 0.15) is 34.9 Å². The standard InChI is InChI=1S/C19H19FN2O3/c20-16-8-2-1-7-15(16)17(23)12-21-19(25)13-5-3-6-14(11-13)22-10-4-9-18(22)24/h1-3,5-8,11,17,23H,4,9-10,12H2,(H,21,25). The Bertz CT molecular complexity index is 794. The quantitative estimate of drug-likeness (QED) is 0.877. The average molecular weight is 342 g/mol. The van der Waals surface area contributed by atoms with Gasteiger partial charge in [0, 0.05) is 36.3 Å². The van der Waals surface area contributed by atoms with E-state index < -0.39 is 11.9 Å². The largest absolute Gasteiger partial charge is 0.386 e. The van der Waals surface area contributed by atoms with E-state index in [1.165, 1.54) is 18.2 Å².